The summed E-state index contributed by atoms with van der Waals surface area (Å²) in [7, 11) is 0. The highest BCUT2D eigenvalue weighted by Gasteiger charge is 2.30. The largest absolute Gasteiger partial charge is 0.450 e. The van der Waals surface area contributed by atoms with E-state index in [9.17, 15) is 22.8 Å². The fourth-order valence-corrected chi connectivity index (χ4v) is 1.60. The Morgan fingerprint density at radius 1 is 1.26 bits per heavy atom. The molecule has 0 spiro atoms. The van der Waals surface area contributed by atoms with Gasteiger partial charge in [0.1, 0.15) is 0 Å². The number of nitrogens with zero attached hydrogens (tertiary/aromatic N) is 1. The van der Waals surface area contributed by atoms with Crippen molar-refractivity contribution in [2.45, 2.75) is 13.1 Å². The average molecular weight is 328 g/mol. The van der Waals surface area contributed by atoms with E-state index in [1.54, 1.807) is 6.92 Å². The first kappa shape index (κ1) is 16.5. The minimum Gasteiger partial charge on any atom is -0.450 e. The van der Waals surface area contributed by atoms with E-state index >= 15 is 0 Å². The summed E-state index contributed by atoms with van der Waals surface area (Å²) in [5, 5.41) is 5.80. The lowest BCUT2D eigenvalue weighted by molar-refractivity contribution is -0.137. The topological polar surface area (TPSA) is 81.4 Å². The Hall–Kier alpha value is -2.84. The molecule has 0 saturated carbocycles. The Morgan fingerprint density at radius 3 is 2.43 bits per heavy atom. The molecule has 122 valence electrons. The van der Waals surface area contributed by atoms with Crippen molar-refractivity contribution in [3.05, 3.63) is 47.3 Å². The van der Waals surface area contributed by atoms with Gasteiger partial charge in [0.05, 0.1) is 11.3 Å². The standard InChI is InChI=1S/C14H11F3N2O4/c1-8-6-11(23-19-8)13(21)22-7-12(20)18-10-4-2-9(3-5-10)14(15,16)17/h2-6H,7H2,1H3,(H,18,20). The Morgan fingerprint density at radius 2 is 1.91 bits per heavy atom. The lowest BCUT2D eigenvalue weighted by Crippen LogP contribution is -2.20. The van der Waals surface area contributed by atoms with Crippen LogP contribution in [0.25, 0.3) is 0 Å². The smallest absolute Gasteiger partial charge is 0.416 e. The zero-order chi connectivity index (χ0) is 17.0. The van der Waals surface area contributed by atoms with Crippen LogP contribution in [0.1, 0.15) is 21.8 Å². The van der Waals surface area contributed by atoms with Crippen LogP contribution < -0.4 is 5.32 Å². The van der Waals surface area contributed by atoms with Gasteiger partial charge in [-0.1, -0.05) is 5.16 Å². The molecule has 6 nitrogen and oxygen atoms in total. The fourth-order valence-electron chi connectivity index (χ4n) is 1.60. The van der Waals surface area contributed by atoms with Gasteiger partial charge in [-0.05, 0) is 31.2 Å². The van der Waals surface area contributed by atoms with Gasteiger partial charge < -0.3 is 14.6 Å². The van der Waals surface area contributed by atoms with Gasteiger partial charge >= 0.3 is 12.1 Å². The monoisotopic (exact) mass is 328 g/mol. The highest BCUT2D eigenvalue weighted by molar-refractivity contribution is 5.94. The fraction of sp³-hybridized carbons (Fsp3) is 0.214. The summed E-state index contributed by atoms with van der Waals surface area (Å²) in [5.41, 5.74) is -0.205. The minimum absolute atomic E-state index is 0.148. The molecule has 1 aromatic carbocycles. The van der Waals surface area contributed by atoms with Crippen molar-refractivity contribution in [1.29, 1.82) is 0 Å². The van der Waals surface area contributed by atoms with Crippen molar-refractivity contribution in [3.63, 3.8) is 0 Å². The molecule has 0 saturated heterocycles. The van der Waals surface area contributed by atoms with Crippen molar-refractivity contribution in [1.82, 2.24) is 5.16 Å². The summed E-state index contributed by atoms with van der Waals surface area (Å²) in [4.78, 5) is 23.1. The van der Waals surface area contributed by atoms with Gasteiger partial charge in [-0.25, -0.2) is 4.79 Å². The van der Waals surface area contributed by atoms with E-state index in [0.717, 1.165) is 24.3 Å². The van der Waals surface area contributed by atoms with Gasteiger partial charge in [0.15, 0.2) is 6.61 Å². The van der Waals surface area contributed by atoms with Crippen molar-refractivity contribution in [3.8, 4) is 0 Å². The molecule has 1 aromatic heterocycles. The molecule has 2 aromatic rings. The number of benzene rings is 1. The predicted octanol–water partition coefficient (Wildman–Crippen LogP) is 2.80. The van der Waals surface area contributed by atoms with Gasteiger partial charge in [0.2, 0.25) is 5.76 Å². The number of aromatic nitrogens is 1. The van der Waals surface area contributed by atoms with E-state index < -0.39 is 30.2 Å². The van der Waals surface area contributed by atoms with Crippen molar-refractivity contribution in [2.24, 2.45) is 0 Å². The SMILES string of the molecule is Cc1cc(C(=O)OCC(=O)Nc2ccc(C(F)(F)F)cc2)on1. The van der Waals surface area contributed by atoms with E-state index in [-0.39, 0.29) is 11.4 Å². The number of aryl methyl sites for hydroxylation is 1. The maximum atomic E-state index is 12.4. The van der Waals surface area contributed by atoms with Crippen LogP contribution in [0.5, 0.6) is 0 Å². The van der Waals surface area contributed by atoms with E-state index in [0.29, 0.717) is 5.69 Å². The number of hydrogen-bond acceptors (Lipinski definition) is 5. The second kappa shape index (κ2) is 6.51. The minimum atomic E-state index is -4.45. The summed E-state index contributed by atoms with van der Waals surface area (Å²) in [6, 6.07) is 5.21. The molecule has 0 aliphatic carbocycles. The first-order valence-electron chi connectivity index (χ1n) is 6.33. The number of anilines is 1. The molecule has 9 heteroatoms. The predicted molar refractivity (Wildman–Crippen MR) is 71.6 cm³/mol. The third kappa shape index (κ3) is 4.56. The number of ether oxygens (including phenoxy) is 1. The summed E-state index contributed by atoms with van der Waals surface area (Å²) in [6.07, 6.45) is -4.45. The molecular formula is C14H11F3N2O4. The van der Waals surface area contributed by atoms with Gasteiger partial charge in [0.25, 0.3) is 5.91 Å². The highest BCUT2D eigenvalue weighted by atomic mass is 19.4. The number of amides is 1. The highest BCUT2D eigenvalue weighted by Crippen LogP contribution is 2.29. The van der Waals surface area contributed by atoms with Crippen LogP contribution in [-0.4, -0.2) is 23.6 Å². The average Bonchev–Trinajstić information content (AvgIpc) is 2.91. The van der Waals surface area contributed by atoms with Gasteiger partial charge in [-0.2, -0.15) is 13.2 Å². The van der Waals surface area contributed by atoms with E-state index in [1.807, 2.05) is 0 Å². The number of carbonyl (C=O) groups excluding carboxylic acids is 2. The quantitative estimate of drug-likeness (QED) is 0.873. The van der Waals surface area contributed by atoms with Crippen LogP contribution in [-0.2, 0) is 15.7 Å². The molecule has 0 radical (unpaired) electrons. The summed E-state index contributed by atoms with van der Waals surface area (Å²) in [6.45, 7) is 0.997. The number of rotatable bonds is 4. The number of carbonyl (C=O) groups is 2. The Bertz CT molecular complexity index is 708. The van der Waals surface area contributed by atoms with Crippen LogP contribution in [0.3, 0.4) is 0 Å². The molecule has 0 aliphatic heterocycles. The lowest BCUT2D eigenvalue weighted by atomic mass is 10.2. The van der Waals surface area contributed by atoms with Crippen molar-refractivity contribution in [2.75, 3.05) is 11.9 Å². The second-order valence-electron chi connectivity index (χ2n) is 4.53. The Labute approximate surface area is 128 Å². The normalized spacial score (nSPS) is 11.1. The number of hydrogen-bond donors (Lipinski definition) is 1. The van der Waals surface area contributed by atoms with Gasteiger partial charge in [0, 0.05) is 11.8 Å². The van der Waals surface area contributed by atoms with Gasteiger partial charge in [-0.3, -0.25) is 4.79 Å². The van der Waals surface area contributed by atoms with Crippen LogP contribution in [0.4, 0.5) is 18.9 Å². The Kier molecular flexibility index (Phi) is 4.68. The second-order valence-corrected chi connectivity index (χ2v) is 4.53. The molecule has 0 fully saturated rings. The van der Waals surface area contributed by atoms with E-state index in [4.69, 9.17) is 0 Å². The van der Waals surface area contributed by atoms with Crippen LogP contribution in [0, 0.1) is 6.92 Å². The number of alkyl halides is 3. The van der Waals surface area contributed by atoms with Crippen LogP contribution >= 0.6 is 0 Å². The molecule has 0 atom stereocenters. The van der Waals surface area contributed by atoms with Crippen molar-refractivity contribution >= 4 is 17.6 Å². The van der Waals surface area contributed by atoms with Crippen LogP contribution in [0.15, 0.2) is 34.9 Å². The summed E-state index contributed by atoms with van der Waals surface area (Å²) < 4.78 is 46.5. The maximum Gasteiger partial charge on any atom is 0.416 e. The first-order valence-corrected chi connectivity index (χ1v) is 6.33. The first-order chi connectivity index (χ1) is 10.8. The molecule has 1 heterocycles. The van der Waals surface area contributed by atoms with E-state index in [1.165, 1.54) is 6.07 Å². The van der Waals surface area contributed by atoms with Gasteiger partial charge in [-0.15, -0.1) is 0 Å². The van der Waals surface area contributed by atoms with Crippen molar-refractivity contribution < 1.29 is 32.0 Å². The summed E-state index contributed by atoms with van der Waals surface area (Å²) >= 11 is 0. The molecule has 0 aliphatic rings. The molecule has 23 heavy (non-hydrogen) atoms. The molecular weight excluding hydrogens is 317 g/mol. The molecule has 0 bridgehead atoms. The zero-order valence-electron chi connectivity index (χ0n) is 11.8. The lowest BCUT2D eigenvalue weighted by Gasteiger charge is -2.08. The molecule has 1 N–H and O–H groups in total. The van der Waals surface area contributed by atoms with Crippen LogP contribution in [0.2, 0.25) is 0 Å². The zero-order valence-corrected chi connectivity index (χ0v) is 11.8. The van der Waals surface area contributed by atoms with E-state index in [2.05, 4.69) is 19.7 Å². The number of esters is 1. The third-order valence-corrected chi connectivity index (χ3v) is 2.66. The number of nitrogens with one attached hydrogen (secondary N) is 1. The molecule has 2 rings (SSSR count). The maximum absolute atomic E-state index is 12.4. The summed E-state index contributed by atoms with van der Waals surface area (Å²) in [5.74, 6) is -1.72. The molecule has 0 unspecified atom stereocenters. The third-order valence-electron chi connectivity index (χ3n) is 2.66. The molecule has 1 amide bonds. The Balaban J connectivity index is 1.86. The number of halogens is 3.